The van der Waals surface area contributed by atoms with Crippen LogP contribution in [-0.2, 0) is 4.74 Å². The third-order valence-corrected chi connectivity index (χ3v) is 5.08. The molecule has 2 fully saturated rings. The van der Waals surface area contributed by atoms with E-state index >= 15 is 0 Å². The van der Waals surface area contributed by atoms with Crippen LogP contribution in [0.4, 0.5) is 14.0 Å². The molecule has 7 heteroatoms. The summed E-state index contributed by atoms with van der Waals surface area (Å²) in [7, 11) is 1.73. The Morgan fingerprint density at radius 2 is 1.96 bits per heavy atom. The number of likely N-dealkylation sites (N-methyl/N-ethyl adjacent to an activating group) is 1. The van der Waals surface area contributed by atoms with Crippen LogP contribution in [0, 0.1) is 5.82 Å². The Morgan fingerprint density at radius 3 is 2.48 bits per heavy atom. The summed E-state index contributed by atoms with van der Waals surface area (Å²) in [6.07, 6.45) is 1.71. The maximum atomic E-state index is 13.1. The number of likely N-dealkylation sites (tertiary alicyclic amines) is 1. The number of piperidine rings is 1. The molecule has 25 heavy (non-hydrogen) atoms. The van der Waals surface area contributed by atoms with Crippen molar-refractivity contribution in [1.29, 1.82) is 0 Å². The van der Waals surface area contributed by atoms with Crippen molar-refractivity contribution in [3.63, 3.8) is 0 Å². The highest BCUT2D eigenvalue weighted by Gasteiger charge is 2.46. The third-order valence-electron chi connectivity index (χ3n) is 5.08. The van der Waals surface area contributed by atoms with E-state index in [1.54, 1.807) is 29.0 Å². The Kier molecular flexibility index (Phi) is 4.83. The summed E-state index contributed by atoms with van der Waals surface area (Å²) in [5.41, 5.74) is 0.432. The number of hydrogen-bond acceptors (Lipinski definition) is 3. The minimum atomic E-state index is -0.455. The minimum Gasteiger partial charge on any atom is -0.441 e. The van der Waals surface area contributed by atoms with Crippen LogP contribution in [0.5, 0.6) is 0 Å². The predicted octanol–water partition coefficient (Wildman–Crippen LogP) is 2.90. The van der Waals surface area contributed by atoms with Gasteiger partial charge < -0.3 is 19.9 Å². The molecule has 3 rings (SSSR count). The van der Waals surface area contributed by atoms with Crippen molar-refractivity contribution < 1.29 is 18.7 Å². The predicted molar refractivity (Wildman–Crippen MR) is 90.6 cm³/mol. The van der Waals surface area contributed by atoms with Crippen molar-refractivity contribution in [2.45, 2.75) is 37.8 Å². The molecule has 2 saturated heterocycles. The molecule has 2 aliphatic heterocycles. The molecule has 1 atom stereocenters. The third kappa shape index (κ3) is 3.70. The van der Waals surface area contributed by atoms with Crippen LogP contribution >= 0.6 is 0 Å². The van der Waals surface area contributed by atoms with Crippen LogP contribution < -0.4 is 5.32 Å². The average molecular weight is 349 g/mol. The monoisotopic (exact) mass is 349 g/mol. The lowest BCUT2D eigenvalue weighted by atomic mass is 9.91. The summed E-state index contributed by atoms with van der Waals surface area (Å²) in [5, 5.41) is 3.02. The Morgan fingerprint density at radius 1 is 1.32 bits per heavy atom. The zero-order valence-electron chi connectivity index (χ0n) is 14.6. The van der Waals surface area contributed by atoms with Gasteiger partial charge in [-0.05, 0) is 24.1 Å². The van der Waals surface area contributed by atoms with Gasteiger partial charge in [0.15, 0.2) is 0 Å². The van der Waals surface area contributed by atoms with Crippen molar-refractivity contribution in [3.8, 4) is 0 Å². The number of nitrogens with zero attached hydrogens (tertiary/aromatic N) is 2. The molecule has 6 nitrogen and oxygen atoms in total. The number of rotatable bonds is 3. The Hall–Kier alpha value is -2.31. The van der Waals surface area contributed by atoms with E-state index in [0.717, 1.165) is 12.0 Å². The first-order valence-electron chi connectivity index (χ1n) is 8.67. The van der Waals surface area contributed by atoms with E-state index in [-0.39, 0.29) is 24.0 Å². The highest BCUT2D eigenvalue weighted by molar-refractivity contribution is 5.75. The number of ether oxygens (including phenoxy) is 1. The standard InChI is InChI=1S/C18H24FN3O3/c1-3-15(13-4-6-14(19)7-5-13)20-16(23)22-10-8-18(9-11-22)12-21(2)17(24)25-18/h4-7,15H,3,8-12H2,1-2H3,(H,20,23)/t15-/m0/s1. The molecular formula is C18H24FN3O3. The summed E-state index contributed by atoms with van der Waals surface area (Å²) in [4.78, 5) is 27.5. The van der Waals surface area contributed by atoms with Crippen molar-refractivity contribution >= 4 is 12.1 Å². The van der Waals surface area contributed by atoms with Gasteiger partial charge in [0.25, 0.3) is 0 Å². The van der Waals surface area contributed by atoms with E-state index in [2.05, 4.69) is 5.32 Å². The topological polar surface area (TPSA) is 61.9 Å². The number of urea groups is 1. The Labute approximate surface area is 146 Å². The smallest absolute Gasteiger partial charge is 0.410 e. The second-order valence-corrected chi connectivity index (χ2v) is 6.86. The lowest BCUT2D eigenvalue weighted by Crippen LogP contribution is -2.51. The summed E-state index contributed by atoms with van der Waals surface area (Å²) in [5.74, 6) is -0.290. The SMILES string of the molecule is CC[C@H](NC(=O)N1CCC2(CC1)CN(C)C(=O)O2)c1ccc(F)cc1. The quantitative estimate of drug-likeness (QED) is 0.913. The molecule has 1 N–H and O–H groups in total. The lowest BCUT2D eigenvalue weighted by molar-refractivity contribution is 0.00941. The van der Waals surface area contributed by atoms with Crippen molar-refractivity contribution in [2.24, 2.45) is 0 Å². The van der Waals surface area contributed by atoms with Gasteiger partial charge in [0.1, 0.15) is 11.4 Å². The fraction of sp³-hybridized carbons (Fsp3) is 0.556. The van der Waals surface area contributed by atoms with Gasteiger partial charge in [-0.2, -0.15) is 0 Å². The number of carbonyl (C=O) groups is 2. The van der Waals surface area contributed by atoms with Gasteiger partial charge in [0, 0.05) is 33.0 Å². The molecular weight excluding hydrogens is 325 g/mol. The number of benzene rings is 1. The van der Waals surface area contributed by atoms with Gasteiger partial charge in [0.2, 0.25) is 0 Å². The number of amides is 3. The highest BCUT2D eigenvalue weighted by Crippen LogP contribution is 2.32. The zero-order valence-corrected chi connectivity index (χ0v) is 14.6. The molecule has 0 unspecified atom stereocenters. The van der Waals surface area contributed by atoms with E-state index in [1.165, 1.54) is 12.1 Å². The van der Waals surface area contributed by atoms with Crippen LogP contribution in [0.2, 0.25) is 0 Å². The lowest BCUT2D eigenvalue weighted by Gasteiger charge is -2.37. The molecule has 1 spiro atoms. The molecule has 1 aromatic rings. The van der Waals surface area contributed by atoms with Gasteiger partial charge in [-0.25, -0.2) is 14.0 Å². The molecule has 136 valence electrons. The van der Waals surface area contributed by atoms with Crippen LogP contribution in [0.15, 0.2) is 24.3 Å². The number of nitrogens with one attached hydrogen (secondary N) is 1. The first kappa shape index (κ1) is 17.5. The van der Waals surface area contributed by atoms with Crippen LogP contribution in [0.25, 0.3) is 0 Å². The molecule has 3 amide bonds. The molecule has 1 aromatic carbocycles. The van der Waals surface area contributed by atoms with Crippen molar-refractivity contribution in [2.75, 3.05) is 26.7 Å². The van der Waals surface area contributed by atoms with Gasteiger partial charge in [-0.1, -0.05) is 19.1 Å². The van der Waals surface area contributed by atoms with E-state index in [1.807, 2.05) is 6.92 Å². The second kappa shape index (κ2) is 6.90. The normalized spacial score (nSPS) is 20.5. The molecule has 0 bridgehead atoms. The summed E-state index contributed by atoms with van der Waals surface area (Å²) < 4.78 is 18.6. The van der Waals surface area contributed by atoms with Gasteiger partial charge in [-0.3, -0.25) is 0 Å². The van der Waals surface area contributed by atoms with Gasteiger partial charge in [-0.15, -0.1) is 0 Å². The average Bonchev–Trinajstić information content (AvgIpc) is 2.87. The van der Waals surface area contributed by atoms with Crippen LogP contribution in [0.3, 0.4) is 0 Å². The number of carbonyl (C=O) groups excluding carboxylic acids is 2. The number of hydrogen-bond donors (Lipinski definition) is 1. The molecule has 0 radical (unpaired) electrons. The molecule has 0 aliphatic carbocycles. The van der Waals surface area contributed by atoms with E-state index in [9.17, 15) is 14.0 Å². The van der Waals surface area contributed by atoms with Crippen LogP contribution in [0.1, 0.15) is 37.8 Å². The largest absolute Gasteiger partial charge is 0.441 e. The minimum absolute atomic E-state index is 0.135. The molecule has 0 saturated carbocycles. The van der Waals surface area contributed by atoms with Gasteiger partial charge >= 0.3 is 12.1 Å². The fourth-order valence-corrected chi connectivity index (χ4v) is 3.53. The first-order chi connectivity index (χ1) is 11.9. The molecule has 2 heterocycles. The van der Waals surface area contributed by atoms with E-state index < -0.39 is 5.60 Å². The van der Waals surface area contributed by atoms with E-state index in [0.29, 0.717) is 32.5 Å². The zero-order chi connectivity index (χ0) is 18.0. The van der Waals surface area contributed by atoms with Crippen molar-refractivity contribution in [1.82, 2.24) is 15.1 Å². The summed E-state index contributed by atoms with van der Waals surface area (Å²) >= 11 is 0. The Bertz CT molecular complexity index is 641. The maximum absolute atomic E-state index is 13.1. The second-order valence-electron chi connectivity index (χ2n) is 6.86. The van der Waals surface area contributed by atoms with Gasteiger partial charge in [0.05, 0.1) is 12.6 Å². The summed E-state index contributed by atoms with van der Waals surface area (Å²) in [6.45, 7) is 3.65. The number of halogens is 1. The highest BCUT2D eigenvalue weighted by atomic mass is 19.1. The van der Waals surface area contributed by atoms with Crippen LogP contribution in [-0.4, -0.2) is 54.2 Å². The van der Waals surface area contributed by atoms with E-state index in [4.69, 9.17) is 4.74 Å². The maximum Gasteiger partial charge on any atom is 0.410 e. The Balaban J connectivity index is 1.57. The molecule has 0 aromatic heterocycles. The fourth-order valence-electron chi connectivity index (χ4n) is 3.53. The van der Waals surface area contributed by atoms with Crippen molar-refractivity contribution in [3.05, 3.63) is 35.6 Å². The first-order valence-corrected chi connectivity index (χ1v) is 8.67. The molecule has 2 aliphatic rings. The summed E-state index contributed by atoms with van der Waals surface area (Å²) in [6, 6.07) is 5.91.